The molecule has 0 spiro atoms. The van der Waals surface area contributed by atoms with Gasteiger partial charge in [0.1, 0.15) is 0 Å². The Bertz CT molecular complexity index is 1030. The molecule has 5 nitrogen and oxygen atoms in total. The van der Waals surface area contributed by atoms with Gasteiger partial charge in [-0.25, -0.2) is 0 Å². The van der Waals surface area contributed by atoms with Crippen LogP contribution in [0.1, 0.15) is 73.1 Å². The highest BCUT2D eigenvalue weighted by atomic mass is 32.1. The zero-order chi connectivity index (χ0) is 24.4. The Morgan fingerprint density at radius 2 is 1.77 bits per heavy atom. The van der Waals surface area contributed by atoms with E-state index in [1.807, 2.05) is 21.1 Å². The predicted octanol–water partition coefficient (Wildman–Crippen LogP) is 5.03. The lowest BCUT2D eigenvalue weighted by Gasteiger charge is -2.42. The molecule has 1 saturated carbocycles. The molecular formula is C29H39N3O2S. The molecule has 1 saturated heterocycles. The summed E-state index contributed by atoms with van der Waals surface area (Å²) in [6, 6.07) is 11.2. The van der Waals surface area contributed by atoms with E-state index in [2.05, 4.69) is 54.5 Å². The molecule has 1 aromatic carbocycles. The topological polar surface area (TPSA) is 43.9 Å². The van der Waals surface area contributed by atoms with Gasteiger partial charge >= 0.3 is 0 Å². The first-order valence-corrected chi connectivity index (χ1v) is 14.3. The average molecular weight is 494 g/mol. The van der Waals surface area contributed by atoms with E-state index in [9.17, 15) is 9.59 Å². The molecule has 2 aliphatic heterocycles. The Hall–Kier alpha value is -2.18. The summed E-state index contributed by atoms with van der Waals surface area (Å²) in [7, 11) is 0. The van der Waals surface area contributed by atoms with Crippen molar-refractivity contribution < 1.29 is 9.59 Å². The smallest absolute Gasteiger partial charge is 0.236 e. The highest BCUT2D eigenvalue weighted by molar-refractivity contribution is 7.10. The number of carbonyl (C=O) groups is 2. The number of rotatable bonds is 6. The monoisotopic (exact) mass is 493 g/mol. The molecular weight excluding hydrogens is 454 g/mol. The fourth-order valence-corrected chi connectivity index (χ4v) is 7.18. The van der Waals surface area contributed by atoms with Crippen LogP contribution < -0.4 is 0 Å². The standard InChI is InChI=1S/C29H39N3O2S/c1-21-7-10-24(11-8-21)29-25-14-18-35-26(25)13-15-31(29)20-28(34)30-16-17-32(22(2)19-30)27(33)12-9-23-5-3-4-6-23/h7-8,10-11,14,18,22-23,29H,3-6,9,12-13,15-17,19-20H2,1-2H3/t22-,29-/m0/s1. The first-order chi connectivity index (χ1) is 17.0. The third-order valence-electron chi connectivity index (χ3n) is 8.34. The third kappa shape index (κ3) is 5.49. The molecule has 0 unspecified atom stereocenters. The van der Waals surface area contributed by atoms with Crippen molar-refractivity contribution in [3.63, 3.8) is 0 Å². The van der Waals surface area contributed by atoms with Gasteiger partial charge in [-0.1, -0.05) is 55.5 Å². The molecule has 35 heavy (non-hydrogen) atoms. The predicted molar refractivity (Wildman–Crippen MR) is 142 cm³/mol. The molecule has 0 radical (unpaired) electrons. The minimum absolute atomic E-state index is 0.0847. The van der Waals surface area contributed by atoms with E-state index >= 15 is 0 Å². The molecule has 0 bridgehead atoms. The second-order valence-electron chi connectivity index (χ2n) is 10.8. The van der Waals surface area contributed by atoms with Crippen LogP contribution in [0.2, 0.25) is 0 Å². The second-order valence-corrected chi connectivity index (χ2v) is 11.8. The zero-order valence-corrected chi connectivity index (χ0v) is 22.1. The van der Waals surface area contributed by atoms with Crippen LogP contribution in [-0.4, -0.2) is 65.3 Å². The summed E-state index contributed by atoms with van der Waals surface area (Å²) >= 11 is 1.83. The second kappa shape index (κ2) is 10.8. The molecule has 2 fully saturated rings. The van der Waals surface area contributed by atoms with Gasteiger partial charge in [0.2, 0.25) is 11.8 Å². The number of nitrogens with zero attached hydrogens (tertiary/aromatic N) is 3. The first-order valence-electron chi connectivity index (χ1n) is 13.4. The fraction of sp³-hybridized carbons (Fsp3) is 0.586. The first kappa shape index (κ1) is 24.5. The zero-order valence-electron chi connectivity index (χ0n) is 21.2. The van der Waals surface area contributed by atoms with E-state index in [0.29, 0.717) is 32.6 Å². The third-order valence-corrected chi connectivity index (χ3v) is 9.34. The SMILES string of the molecule is Cc1ccc([C@H]2c3ccsc3CCN2CC(=O)N2CCN(C(=O)CCC3CCCC3)[C@@H](C)C2)cc1. The van der Waals surface area contributed by atoms with Gasteiger partial charge in [-0.3, -0.25) is 14.5 Å². The Kier molecular flexibility index (Phi) is 7.59. The van der Waals surface area contributed by atoms with Crippen molar-refractivity contribution in [3.8, 4) is 0 Å². The van der Waals surface area contributed by atoms with Crippen LogP contribution in [0.15, 0.2) is 35.7 Å². The number of carbonyl (C=O) groups excluding carboxylic acids is 2. The van der Waals surface area contributed by atoms with E-state index < -0.39 is 0 Å². The summed E-state index contributed by atoms with van der Waals surface area (Å²) in [6.07, 6.45) is 7.93. The number of hydrogen-bond donors (Lipinski definition) is 0. The van der Waals surface area contributed by atoms with Crippen molar-refractivity contribution >= 4 is 23.2 Å². The van der Waals surface area contributed by atoms with Crippen molar-refractivity contribution in [1.29, 1.82) is 0 Å². The molecule has 2 amide bonds. The van der Waals surface area contributed by atoms with Gasteiger partial charge in [-0.2, -0.15) is 0 Å². The molecule has 6 heteroatoms. The summed E-state index contributed by atoms with van der Waals surface area (Å²) in [5.41, 5.74) is 3.86. The van der Waals surface area contributed by atoms with Crippen LogP contribution in [-0.2, 0) is 16.0 Å². The van der Waals surface area contributed by atoms with E-state index in [1.54, 1.807) is 0 Å². The van der Waals surface area contributed by atoms with Crippen molar-refractivity contribution in [2.75, 3.05) is 32.7 Å². The van der Waals surface area contributed by atoms with Crippen LogP contribution >= 0.6 is 11.3 Å². The molecule has 1 aliphatic carbocycles. The molecule has 2 aromatic rings. The highest BCUT2D eigenvalue weighted by Crippen LogP contribution is 2.38. The molecule has 1 aromatic heterocycles. The van der Waals surface area contributed by atoms with E-state index in [1.165, 1.54) is 47.3 Å². The van der Waals surface area contributed by atoms with Crippen molar-refractivity contribution in [3.05, 3.63) is 57.3 Å². The summed E-state index contributed by atoms with van der Waals surface area (Å²) < 4.78 is 0. The van der Waals surface area contributed by atoms with E-state index in [-0.39, 0.29) is 23.9 Å². The van der Waals surface area contributed by atoms with E-state index in [0.717, 1.165) is 25.3 Å². The maximum atomic E-state index is 13.5. The quantitative estimate of drug-likeness (QED) is 0.567. The summed E-state index contributed by atoms with van der Waals surface area (Å²) in [6.45, 7) is 7.48. The summed E-state index contributed by atoms with van der Waals surface area (Å²) in [5.74, 6) is 1.20. The Morgan fingerprint density at radius 1 is 1.00 bits per heavy atom. The number of fused-ring (bicyclic) bond motifs is 1. The number of benzene rings is 1. The number of amides is 2. The lowest BCUT2D eigenvalue weighted by molar-refractivity contribution is -0.143. The van der Waals surface area contributed by atoms with Gasteiger partial charge in [0.15, 0.2) is 0 Å². The molecule has 3 aliphatic rings. The van der Waals surface area contributed by atoms with Crippen molar-refractivity contribution in [2.24, 2.45) is 5.92 Å². The minimum Gasteiger partial charge on any atom is -0.338 e. The van der Waals surface area contributed by atoms with Crippen molar-refractivity contribution in [1.82, 2.24) is 14.7 Å². The van der Waals surface area contributed by atoms with Gasteiger partial charge in [-0.15, -0.1) is 11.3 Å². The van der Waals surface area contributed by atoms with Crippen LogP contribution in [0.3, 0.4) is 0 Å². The Morgan fingerprint density at radius 3 is 2.51 bits per heavy atom. The fourth-order valence-electron chi connectivity index (χ4n) is 6.28. The molecule has 3 heterocycles. The average Bonchev–Trinajstić information content (AvgIpc) is 3.55. The molecule has 5 rings (SSSR count). The maximum Gasteiger partial charge on any atom is 0.236 e. The van der Waals surface area contributed by atoms with Gasteiger partial charge in [0.25, 0.3) is 0 Å². The number of aryl methyl sites for hydroxylation is 1. The minimum atomic E-state index is 0.0847. The number of hydrogen-bond acceptors (Lipinski definition) is 4. The Labute approximate surface area is 214 Å². The summed E-state index contributed by atoms with van der Waals surface area (Å²) in [4.78, 5) is 34.1. The number of piperazine rings is 1. The largest absolute Gasteiger partial charge is 0.338 e. The van der Waals surface area contributed by atoms with Crippen LogP contribution in [0.25, 0.3) is 0 Å². The van der Waals surface area contributed by atoms with Crippen LogP contribution in [0, 0.1) is 12.8 Å². The maximum absolute atomic E-state index is 13.5. The normalized spacial score (nSPS) is 23.5. The van der Waals surface area contributed by atoms with Gasteiger partial charge in [0.05, 0.1) is 12.6 Å². The molecule has 188 valence electrons. The lowest BCUT2D eigenvalue weighted by atomic mass is 9.92. The van der Waals surface area contributed by atoms with E-state index in [4.69, 9.17) is 0 Å². The van der Waals surface area contributed by atoms with Crippen molar-refractivity contribution in [2.45, 2.75) is 70.9 Å². The summed E-state index contributed by atoms with van der Waals surface area (Å²) in [5, 5.41) is 2.18. The van der Waals surface area contributed by atoms with Crippen LogP contribution in [0.4, 0.5) is 0 Å². The van der Waals surface area contributed by atoms with Gasteiger partial charge < -0.3 is 9.80 Å². The molecule has 2 atom stereocenters. The molecule has 0 N–H and O–H groups in total. The Balaban J connectivity index is 1.20. The number of thiophene rings is 1. The van der Waals surface area contributed by atoms with Crippen LogP contribution in [0.5, 0.6) is 0 Å². The highest BCUT2D eigenvalue weighted by Gasteiger charge is 2.34. The van der Waals surface area contributed by atoms with Gasteiger partial charge in [-0.05, 0) is 55.2 Å². The van der Waals surface area contributed by atoms with Gasteiger partial charge in [0, 0.05) is 43.5 Å². The lowest BCUT2D eigenvalue weighted by Crippen LogP contribution is -2.57.